The van der Waals surface area contributed by atoms with Crippen molar-refractivity contribution in [3.8, 4) is 0 Å². The Labute approximate surface area is 373 Å². The number of aromatic nitrogens is 6. The number of nitrogens with one attached hydrogen (secondary N) is 2. The third kappa shape index (κ3) is 11.9. The van der Waals surface area contributed by atoms with Crippen molar-refractivity contribution in [2.75, 3.05) is 12.5 Å². The SMILES string of the molecule is CSc1nc2oc(=O)cc(CCCC3CC3)c2c(=O)[nH]1.CSc1nc2oc(=O)cc(CCCC3CC3)c2c(=O)n1C(F)F.O=c1cc(CCCC2CC2)c2c(=O)n(C(F)F)c(=O)[nH]c2o1. The summed E-state index contributed by atoms with van der Waals surface area (Å²) in [5.74, 6) is 2.25. The van der Waals surface area contributed by atoms with Crippen molar-refractivity contribution in [2.24, 2.45) is 17.8 Å². The van der Waals surface area contributed by atoms with E-state index in [0.717, 1.165) is 80.2 Å². The van der Waals surface area contributed by atoms with E-state index in [9.17, 15) is 51.1 Å². The summed E-state index contributed by atoms with van der Waals surface area (Å²) in [6.07, 6.45) is 18.1. The number of hydrogen-bond donors (Lipinski definition) is 2. The minimum atomic E-state index is -3.26. The Hall–Kier alpha value is -5.51. The van der Waals surface area contributed by atoms with E-state index in [0.29, 0.717) is 45.0 Å². The van der Waals surface area contributed by atoms with Gasteiger partial charge in [0.2, 0.25) is 17.1 Å². The van der Waals surface area contributed by atoms with Crippen LogP contribution in [0.1, 0.15) is 107 Å². The van der Waals surface area contributed by atoms with Gasteiger partial charge in [0.1, 0.15) is 16.2 Å². The van der Waals surface area contributed by atoms with Crippen molar-refractivity contribution in [1.29, 1.82) is 0 Å². The Balaban J connectivity index is 0.000000146. The zero-order valence-electron chi connectivity index (χ0n) is 35.4. The minimum absolute atomic E-state index is 0.0153. The molecule has 2 N–H and O–H groups in total. The first-order valence-electron chi connectivity index (χ1n) is 21.3. The van der Waals surface area contributed by atoms with E-state index in [1.165, 1.54) is 68.7 Å². The van der Waals surface area contributed by atoms with Crippen LogP contribution in [0.15, 0.2) is 75.3 Å². The Bertz CT molecular complexity index is 3130. The molecule has 0 atom stereocenters. The van der Waals surface area contributed by atoms with E-state index in [4.69, 9.17) is 13.3 Å². The molecule has 3 aliphatic carbocycles. The number of nitrogens with zero attached hydrogens (tertiary/aromatic N) is 4. The van der Waals surface area contributed by atoms with E-state index in [2.05, 4.69) is 15.0 Å². The van der Waals surface area contributed by atoms with Gasteiger partial charge in [-0.05, 0) is 85.5 Å². The second-order valence-electron chi connectivity index (χ2n) is 16.4. The van der Waals surface area contributed by atoms with Gasteiger partial charge in [-0.1, -0.05) is 81.3 Å². The lowest BCUT2D eigenvalue weighted by atomic mass is 10.1. The summed E-state index contributed by atoms with van der Waals surface area (Å²) in [6.45, 7) is -6.25. The molecular formula is C43H46F4N6O10S2. The molecular weight excluding hydrogens is 901 g/mol. The van der Waals surface area contributed by atoms with Crippen molar-refractivity contribution in [3.05, 3.63) is 108 Å². The lowest BCUT2D eigenvalue weighted by molar-refractivity contribution is 0.0555. The second-order valence-corrected chi connectivity index (χ2v) is 17.9. The molecule has 0 bridgehead atoms. The summed E-state index contributed by atoms with van der Waals surface area (Å²) in [6, 6.07) is 3.77. The van der Waals surface area contributed by atoms with Gasteiger partial charge in [0, 0.05) is 18.2 Å². The molecule has 65 heavy (non-hydrogen) atoms. The first-order chi connectivity index (χ1) is 31.1. The number of aryl methyl sites for hydroxylation is 3. The number of H-pyrrole nitrogens is 2. The largest absolute Gasteiger partial charge is 0.405 e. The van der Waals surface area contributed by atoms with Gasteiger partial charge < -0.3 is 18.2 Å². The lowest BCUT2D eigenvalue weighted by Crippen LogP contribution is -2.36. The zero-order chi connectivity index (χ0) is 46.5. The van der Waals surface area contributed by atoms with Crippen molar-refractivity contribution in [2.45, 2.75) is 120 Å². The standard InChI is InChI=1S/C15H16F2N2O3S.C14H14F2N2O4.C14H16N2O3S/c1-23-15-18-12-11(13(21)19(15)14(16)17)9(7-10(20)22-12)4-2-3-8-5-6-8;15-13(16)18-12(20)10-8(3-1-2-7-4-5-7)6-9(19)22-11(10)17-14(18)21;1-20-14-15-12(18)11-9(4-2-3-8-5-6-8)7-10(17)19-13(11)16-14/h7-8,14H,2-6H2,1H3;6-7,13H,1-5H2,(H,17,21);7-8H,2-6H2,1H3,(H,15,16,18). The highest BCUT2D eigenvalue weighted by Gasteiger charge is 2.25. The van der Waals surface area contributed by atoms with Crippen LogP contribution >= 0.6 is 23.5 Å². The highest BCUT2D eigenvalue weighted by molar-refractivity contribution is 7.98. The number of hydrogen-bond acceptors (Lipinski definition) is 14. The summed E-state index contributed by atoms with van der Waals surface area (Å²) in [4.78, 5) is 95.8. The van der Waals surface area contributed by atoms with Crippen LogP contribution in [0.25, 0.3) is 33.3 Å². The molecule has 6 heterocycles. The fourth-order valence-corrected chi connectivity index (χ4v) is 8.59. The van der Waals surface area contributed by atoms with Gasteiger partial charge in [-0.3, -0.25) is 19.4 Å². The molecule has 3 fully saturated rings. The monoisotopic (exact) mass is 946 g/mol. The van der Waals surface area contributed by atoms with Gasteiger partial charge >= 0.3 is 35.7 Å². The summed E-state index contributed by atoms with van der Waals surface area (Å²) in [5.41, 5.74) is -4.15. The quantitative estimate of drug-likeness (QED) is 0.0552. The van der Waals surface area contributed by atoms with Gasteiger partial charge in [0.15, 0.2) is 10.3 Å². The number of rotatable bonds is 16. The topological polar surface area (TPSA) is 226 Å². The zero-order valence-corrected chi connectivity index (χ0v) is 37.1. The molecule has 6 aromatic heterocycles. The molecule has 348 valence electrons. The molecule has 0 spiro atoms. The van der Waals surface area contributed by atoms with Gasteiger partial charge in [0.25, 0.3) is 16.7 Å². The van der Waals surface area contributed by atoms with E-state index < -0.39 is 46.8 Å². The number of aromatic amines is 2. The smallest absolute Gasteiger partial charge is 0.337 e. The molecule has 3 saturated carbocycles. The van der Waals surface area contributed by atoms with Crippen molar-refractivity contribution < 1.29 is 30.8 Å². The van der Waals surface area contributed by atoms with Crippen molar-refractivity contribution in [1.82, 2.24) is 29.1 Å². The van der Waals surface area contributed by atoms with E-state index in [1.54, 1.807) is 0 Å². The van der Waals surface area contributed by atoms with Gasteiger partial charge in [-0.2, -0.15) is 32.1 Å². The number of thioether (sulfide) groups is 2. The molecule has 0 unspecified atom stereocenters. The maximum atomic E-state index is 13.2. The summed E-state index contributed by atoms with van der Waals surface area (Å²) in [7, 11) is 0. The van der Waals surface area contributed by atoms with Crippen LogP contribution in [0.4, 0.5) is 17.6 Å². The first-order valence-corrected chi connectivity index (χ1v) is 23.7. The lowest BCUT2D eigenvalue weighted by Gasteiger charge is -2.11. The minimum Gasteiger partial charge on any atom is -0.405 e. The Morgan fingerprint density at radius 1 is 0.600 bits per heavy atom. The fourth-order valence-electron chi connectivity index (χ4n) is 7.69. The maximum Gasteiger partial charge on any atom is 0.337 e. The van der Waals surface area contributed by atoms with Crippen molar-refractivity contribution >= 4 is 56.8 Å². The molecule has 3 aliphatic rings. The average Bonchev–Trinajstić information content (AvgIpc) is 4.07. The third-order valence-corrected chi connectivity index (χ3v) is 12.7. The third-order valence-electron chi connectivity index (χ3n) is 11.5. The van der Waals surface area contributed by atoms with Crippen LogP contribution in [-0.4, -0.2) is 41.6 Å². The summed E-state index contributed by atoms with van der Waals surface area (Å²) >= 11 is 2.22. The van der Waals surface area contributed by atoms with Crippen LogP contribution < -0.4 is 39.2 Å². The summed E-state index contributed by atoms with van der Waals surface area (Å²) < 4.78 is 67.1. The van der Waals surface area contributed by atoms with Crippen LogP contribution in [0, 0.1) is 17.8 Å². The Morgan fingerprint density at radius 2 is 1.05 bits per heavy atom. The highest BCUT2D eigenvalue weighted by atomic mass is 32.2. The molecule has 9 rings (SSSR count). The van der Waals surface area contributed by atoms with E-state index in [-0.39, 0.29) is 43.2 Å². The number of fused-ring (bicyclic) bond motifs is 3. The molecule has 0 saturated heterocycles. The highest BCUT2D eigenvalue weighted by Crippen LogP contribution is 2.35. The predicted octanol–water partition coefficient (Wildman–Crippen LogP) is 7.30. The number of halogens is 4. The van der Waals surface area contributed by atoms with Gasteiger partial charge in [-0.15, -0.1) is 0 Å². The van der Waals surface area contributed by atoms with E-state index in [1.807, 2.05) is 11.2 Å². The van der Waals surface area contributed by atoms with Crippen LogP contribution in [0.5, 0.6) is 0 Å². The predicted molar refractivity (Wildman–Crippen MR) is 236 cm³/mol. The Morgan fingerprint density at radius 3 is 1.51 bits per heavy atom. The first kappa shape index (κ1) is 47.5. The van der Waals surface area contributed by atoms with Gasteiger partial charge in [-0.25, -0.2) is 23.7 Å². The molecule has 0 amide bonds. The van der Waals surface area contributed by atoms with Crippen LogP contribution in [-0.2, 0) is 19.3 Å². The summed E-state index contributed by atoms with van der Waals surface area (Å²) in [5, 5.41) is 0.531. The normalized spacial score (nSPS) is 14.8. The molecule has 16 nitrogen and oxygen atoms in total. The van der Waals surface area contributed by atoms with Gasteiger partial charge in [0.05, 0.1) is 0 Å². The number of alkyl halides is 4. The van der Waals surface area contributed by atoms with E-state index >= 15 is 0 Å². The molecule has 0 radical (unpaired) electrons. The fraction of sp³-hybridized carbons (Fsp3) is 0.512. The second kappa shape index (κ2) is 20.8. The van der Waals surface area contributed by atoms with Crippen LogP contribution in [0.2, 0.25) is 0 Å². The molecule has 0 aliphatic heterocycles. The molecule has 22 heteroatoms. The average molecular weight is 947 g/mol. The molecule has 6 aromatic rings. The van der Waals surface area contributed by atoms with Crippen LogP contribution in [0.3, 0.4) is 0 Å². The molecule has 0 aromatic carbocycles. The Kier molecular flexibility index (Phi) is 15.2. The van der Waals surface area contributed by atoms with Crippen molar-refractivity contribution in [3.63, 3.8) is 0 Å². The maximum absolute atomic E-state index is 13.2.